The van der Waals surface area contributed by atoms with E-state index in [-0.39, 0.29) is 17.6 Å². The van der Waals surface area contributed by atoms with Gasteiger partial charge in [-0.15, -0.1) is 11.3 Å². The van der Waals surface area contributed by atoms with Crippen molar-refractivity contribution in [3.05, 3.63) is 45.1 Å². The van der Waals surface area contributed by atoms with Gasteiger partial charge < -0.3 is 9.73 Å². The van der Waals surface area contributed by atoms with E-state index in [2.05, 4.69) is 12.2 Å². The predicted molar refractivity (Wildman–Crippen MR) is 101 cm³/mol. The smallest absolute Gasteiger partial charge is 0.345 e. The third-order valence-electron chi connectivity index (χ3n) is 5.11. The molecule has 130 valence electrons. The summed E-state index contributed by atoms with van der Waals surface area (Å²) in [5.41, 5.74) is 1.28. The maximum atomic E-state index is 12.6. The fourth-order valence-corrected chi connectivity index (χ4v) is 4.65. The van der Waals surface area contributed by atoms with Crippen molar-refractivity contribution >= 4 is 38.3 Å². The standard InChI is InChI=1S/C20H21NO3S/c1-11-3-6-13(7-4-11)21-19(22)17-10-15-18(25-17)14-9-12(2)5-8-16(14)24-20(15)23/h5,8-11,13H,3-4,6-7H2,1-2H3,(H,21,22). The molecule has 0 unspecified atom stereocenters. The average molecular weight is 355 g/mol. The van der Waals surface area contributed by atoms with Crippen LogP contribution in [0, 0.1) is 12.8 Å². The van der Waals surface area contributed by atoms with Crippen LogP contribution in [-0.4, -0.2) is 11.9 Å². The zero-order valence-corrected chi connectivity index (χ0v) is 15.2. The molecule has 3 aromatic rings. The van der Waals surface area contributed by atoms with Crippen LogP contribution >= 0.6 is 11.3 Å². The van der Waals surface area contributed by atoms with Gasteiger partial charge in [0.15, 0.2) is 0 Å². The number of hydrogen-bond donors (Lipinski definition) is 1. The van der Waals surface area contributed by atoms with Crippen molar-refractivity contribution in [3.8, 4) is 0 Å². The fourth-order valence-electron chi connectivity index (χ4n) is 3.58. The normalized spacial score (nSPS) is 20.9. The van der Waals surface area contributed by atoms with E-state index in [9.17, 15) is 9.59 Å². The Morgan fingerprint density at radius 1 is 1.16 bits per heavy atom. The van der Waals surface area contributed by atoms with Crippen molar-refractivity contribution in [2.75, 3.05) is 0 Å². The van der Waals surface area contributed by atoms with Gasteiger partial charge in [-0.05, 0) is 56.7 Å². The van der Waals surface area contributed by atoms with E-state index in [1.807, 2.05) is 25.1 Å². The van der Waals surface area contributed by atoms with Crippen molar-refractivity contribution in [1.82, 2.24) is 5.32 Å². The number of amides is 1. The second kappa shape index (κ2) is 6.30. The Kier molecular flexibility index (Phi) is 4.12. The first-order valence-corrected chi connectivity index (χ1v) is 9.61. The van der Waals surface area contributed by atoms with Crippen molar-refractivity contribution in [1.29, 1.82) is 0 Å². The van der Waals surface area contributed by atoms with Crippen molar-refractivity contribution in [2.24, 2.45) is 5.92 Å². The first-order valence-electron chi connectivity index (χ1n) is 8.79. The minimum absolute atomic E-state index is 0.0824. The zero-order chi connectivity index (χ0) is 17.6. The van der Waals surface area contributed by atoms with Gasteiger partial charge in [0.1, 0.15) is 5.58 Å². The van der Waals surface area contributed by atoms with Crippen LogP contribution in [0.3, 0.4) is 0 Å². The molecule has 0 bridgehead atoms. The molecule has 4 nitrogen and oxygen atoms in total. The van der Waals surface area contributed by atoms with Crippen LogP contribution in [0.1, 0.15) is 47.8 Å². The molecule has 25 heavy (non-hydrogen) atoms. The first kappa shape index (κ1) is 16.3. The van der Waals surface area contributed by atoms with Gasteiger partial charge in [0, 0.05) is 11.4 Å². The molecule has 0 spiro atoms. The maximum absolute atomic E-state index is 12.6. The molecule has 1 saturated carbocycles. The Bertz CT molecular complexity index is 1010. The molecule has 0 atom stereocenters. The molecule has 1 aromatic carbocycles. The Morgan fingerprint density at radius 2 is 1.92 bits per heavy atom. The summed E-state index contributed by atoms with van der Waals surface area (Å²) in [6, 6.07) is 7.65. The number of carbonyl (C=O) groups is 1. The topological polar surface area (TPSA) is 59.3 Å². The molecule has 1 N–H and O–H groups in total. The molecule has 0 saturated heterocycles. The van der Waals surface area contributed by atoms with Crippen LogP contribution in [0.25, 0.3) is 21.1 Å². The fraction of sp³-hybridized carbons (Fsp3) is 0.400. The monoisotopic (exact) mass is 355 g/mol. The van der Waals surface area contributed by atoms with Crippen LogP contribution in [-0.2, 0) is 0 Å². The highest BCUT2D eigenvalue weighted by Gasteiger charge is 2.22. The van der Waals surface area contributed by atoms with Gasteiger partial charge in [-0.25, -0.2) is 4.79 Å². The minimum atomic E-state index is -0.381. The van der Waals surface area contributed by atoms with Crippen LogP contribution in [0.4, 0.5) is 0 Å². The number of aryl methyl sites for hydroxylation is 1. The number of thiophene rings is 1. The SMILES string of the molecule is Cc1ccc2oc(=O)c3cc(C(=O)NC4CCC(C)CC4)sc3c2c1. The molecule has 1 amide bonds. The van der Waals surface area contributed by atoms with Crippen LogP contribution in [0.15, 0.2) is 33.5 Å². The van der Waals surface area contributed by atoms with Crippen molar-refractivity contribution < 1.29 is 9.21 Å². The molecule has 1 aliphatic carbocycles. The largest absolute Gasteiger partial charge is 0.422 e. The van der Waals surface area contributed by atoms with Gasteiger partial charge in [-0.1, -0.05) is 18.6 Å². The highest BCUT2D eigenvalue weighted by atomic mass is 32.1. The quantitative estimate of drug-likeness (QED) is 0.682. The Labute approximate surface area is 149 Å². The van der Waals surface area contributed by atoms with Gasteiger partial charge in [0.25, 0.3) is 5.91 Å². The third kappa shape index (κ3) is 3.09. The van der Waals surface area contributed by atoms with E-state index in [1.54, 1.807) is 6.07 Å². The third-order valence-corrected chi connectivity index (χ3v) is 6.28. The molecule has 2 aromatic heterocycles. The van der Waals surface area contributed by atoms with Gasteiger partial charge >= 0.3 is 5.63 Å². The Morgan fingerprint density at radius 3 is 2.68 bits per heavy atom. The summed E-state index contributed by atoms with van der Waals surface area (Å²) in [6.07, 6.45) is 4.37. The summed E-state index contributed by atoms with van der Waals surface area (Å²) in [5.74, 6) is 0.665. The zero-order valence-electron chi connectivity index (χ0n) is 14.4. The summed E-state index contributed by atoms with van der Waals surface area (Å²) in [6.45, 7) is 4.26. The molecular weight excluding hydrogens is 334 g/mol. The van der Waals surface area contributed by atoms with Gasteiger partial charge in [0.2, 0.25) is 0 Å². The number of benzene rings is 1. The Balaban J connectivity index is 1.70. The first-order chi connectivity index (χ1) is 12.0. The number of fused-ring (bicyclic) bond motifs is 3. The second-order valence-electron chi connectivity index (χ2n) is 7.17. The lowest BCUT2D eigenvalue weighted by Crippen LogP contribution is -2.36. The van der Waals surface area contributed by atoms with Crippen LogP contribution in [0.2, 0.25) is 0 Å². The predicted octanol–water partition coefficient (Wildman–Crippen LogP) is 4.62. The summed E-state index contributed by atoms with van der Waals surface area (Å²) in [5, 5.41) is 4.52. The highest BCUT2D eigenvalue weighted by Crippen LogP contribution is 2.31. The summed E-state index contributed by atoms with van der Waals surface area (Å²) < 4.78 is 6.24. The van der Waals surface area contributed by atoms with Gasteiger partial charge in [-0.2, -0.15) is 0 Å². The molecule has 0 radical (unpaired) electrons. The molecule has 1 aliphatic rings. The molecule has 1 fully saturated rings. The van der Waals surface area contributed by atoms with Gasteiger partial charge in [-0.3, -0.25) is 4.79 Å². The summed E-state index contributed by atoms with van der Waals surface area (Å²) in [7, 11) is 0. The van der Waals surface area contributed by atoms with E-state index in [0.29, 0.717) is 15.8 Å². The molecule has 0 aliphatic heterocycles. The van der Waals surface area contributed by atoms with E-state index in [4.69, 9.17) is 4.42 Å². The number of nitrogens with one attached hydrogen (secondary N) is 1. The minimum Gasteiger partial charge on any atom is -0.422 e. The molecule has 4 rings (SSSR count). The van der Waals surface area contributed by atoms with E-state index >= 15 is 0 Å². The lowest BCUT2D eigenvalue weighted by atomic mass is 9.87. The number of hydrogen-bond acceptors (Lipinski definition) is 4. The van der Waals surface area contributed by atoms with E-state index in [0.717, 1.165) is 47.3 Å². The maximum Gasteiger partial charge on any atom is 0.345 e. The van der Waals surface area contributed by atoms with Crippen LogP contribution in [0.5, 0.6) is 0 Å². The van der Waals surface area contributed by atoms with Crippen LogP contribution < -0.4 is 10.9 Å². The van der Waals surface area contributed by atoms with Crippen molar-refractivity contribution in [3.63, 3.8) is 0 Å². The van der Waals surface area contributed by atoms with Crippen molar-refractivity contribution in [2.45, 2.75) is 45.6 Å². The van der Waals surface area contributed by atoms with E-state index < -0.39 is 0 Å². The Hall–Kier alpha value is -2.14. The van der Waals surface area contributed by atoms with Gasteiger partial charge in [0.05, 0.1) is 15.0 Å². The lowest BCUT2D eigenvalue weighted by molar-refractivity contribution is 0.0927. The second-order valence-corrected chi connectivity index (χ2v) is 8.23. The number of rotatable bonds is 2. The number of carbonyl (C=O) groups excluding carboxylic acids is 1. The summed E-state index contributed by atoms with van der Waals surface area (Å²) >= 11 is 1.37. The highest BCUT2D eigenvalue weighted by molar-refractivity contribution is 7.21. The summed E-state index contributed by atoms with van der Waals surface area (Å²) in [4.78, 5) is 25.5. The van der Waals surface area contributed by atoms with E-state index in [1.165, 1.54) is 11.3 Å². The average Bonchev–Trinajstić information content (AvgIpc) is 3.04. The molecule has 5 heteroatoms. The molecule has 2 heterocycles. The molecular formula is C20H21NO3S. The lowest BCUT2D eigenvalue weighted by Gasteiger charge is -2.26.